The number of hydrazine groups is 1. The number of halogens is 2. The minimum absolute atomic E-state index is 0.117. The van der Waals surface area contributed by atoms with Gasteiger partial charge in [0.15, 0.2) is 0 Å². The average Bonchev–Trinajstić information content (AvgIpc) is 1.93. The van der Waals surface area contributed by atoms with Gasteiger partial charge in [-0.05, 0) is 18.6 Å². The van der Waals surface area contributed by atoms with Crippen molar-refractivity contribution in [1.29, 1.82) is 0 Å². The van der Waals surface area contributed by atoms with Crippen LogP contribution in [0.3, 0.4) is 0 Å². The highest BCUT2D eigenvalue weighted by atomic mass is 79.9. The molecule has 0 spiro atoms. The Balaban J connectivity index is 2.88. The molecule has 4 heteroatoms. The van der Waals surface area contributed by atoms with Crippen LogP contribution in [0.1, 0.15) is 6.92 Å². The lowest BCUT2D eigenvalue weighted by Gasteiger charge is -2.25. The SMILES string of the molecule is CC1=C(Br)C=CN(N)C1Br. The van der Waals surface area contributed by atoms with Gasteiger partial charge in [-0.2, -0.15) is 0 Å². The molecule has 1 unspecified atom stereocenters. The van der Waals surface area contributed by atoms with Gasteiger partial charge in [0.25, 0.3) is 0 Å². The largest absolute Gasteiger partial charge is 0.300 e. The van der Waals surface area contributed by atoms with Crippen LogP contribution in [0.25, 0.3) is 0 Å². The molecule has 0 fully saturated rings. The number of hydrogen-bond donors (Lipinski definition) is 1. The lowest BCUT2D eigenvalue weighted by molar-refractivity contribution is 0.400. The standard InChI is InChI=1S/C6H8Br2N2/c1-4-5(7)2-3-10(9)6(4)8/h2-3,6H,9H2,1H3. The van der Waals surface area contributed by atoms with Crippen molar-refractivity contribution in [3.05, 3.63) is 22.3 Å². The molecule has 1 atom stereocenters. The minimum Gasteiger partial charge on any atom is -0.300 e. The molecule has 2 N–H and O–H groups in total. The summed E-state index contributed by atoms with van der Waals surface area (Å²) in [6.07, 6.45) is 3.74. The number of alkyl halides is 1. The summed E-state index contributed by atoms with van der Waals surface area (Å²) < 4.78 is 1.09. The summed E-state index contributed by atoms with van der Waals surface area (Å²) in [4.78, 5) is 0.117. The highest BCUT2D eigenvalue weighted by Gasteiger charge is 2.15. The van der Waals surface area contributed by atoms with Crippen molar-refractivity contribution in [2.45, 2.75) is 11.9 Å². The molecule has 1 rings (SSSR count). The van der Waals surface area contributed by atoms with Crippen LogP contribution >= 0.6 is 31.9 Å². The first kappa shape index (κ1) is 8.30. The Morgan fingerprint density at radius 1 is 1.70 bits per heavy atom. The van der Waals surface area contributed by atoms with E-state index in [1.54, 1.807) is 5.01 Å². The van der Waals surface area contributed by atoms with E-state index >= 15 is 0 Å². The maximum atomic E-state index is 5.58. The summed E-state index contributed by atoms with van der Waals surface area (Å²) in [5, 5.41) is 1.61. The third-order valence-corrected chi connectivity index (χ3v) is 3.44. The van der Waals surface area contributed by atoms with E-state index in [1.807, 2.05) is 19.2 Å². The van der Waals surface area contributed by atoms with Crippen molar-refractivity contribution >= 4 is 31.9 Å². The molecule has 0 radical (unpaired) electrons. The molecule has 0 aromatic heterocycles. The zero-order valence-corrected chi connectivity index (χ0v) is 8.68. The zero-order chi connectivity index (χ0) is 7.72. The molecule has 2 nitrogen and oxygen atoms in total. The van der Waals surface area contributed by atoms with Crippen molar-refractivity contribution in [3.8, 4) is 0 Å². The van der Waals surface area contributed by atoms with E-state index in [1.165, 1.54) is 5.57 Å². The maximum Gasteiger partial charge on any atom is 0.121 e. The van der Waals surface area contributed by atoms with Gasteiger partial charge in [-0.25, -0.2) is 5.84 Å². The first-order valence-electron chi connectivity index (χ1n) is 2.84. The maximum absolute atomic E-state index is 5.58. The topological polar surface area (TPSA) is 29.3 Å². The van der Waals surface area contributed by atoms with E-state index in [0.717, 1.165) is 4.48 Å². The van der Waals surface area contributed by atoms with Crippen molar-refractivity contribution in [2.24, 2.45) is 5.84 Å². The predicted molar refractivity (Wildman–Crippen MR) is 49.5 cm³/mol. The van der Waals surface area contributed by atoms with Gasteiger partial charge in [-0.15, -0.1) is 0 Å². The molecule has 0 aromatic carbocycles. The second-order valence-corrected chi connectivity index (χ2v) is 3.85. The van der Waals surface area contributed by atoms with E-state index in [9.17, 15) is 0 Å². The van der Waals surface area contributed by atoms with Crippen LogP contribution in [0, 0.1) is 0 Å². The fourth-order valence-corrected chi connectivity index (χ4v) is 1.72. The summed E-state index contributed by atoms with van der Waals surface area (Å²) in [6.45, 7) is 2.02. The molecular formula is C6H8Br2N2. The number of rotatable bonds is 0. The van der Waals surface area contributed by atoms with Gasteiger partial charge >= 0.3 is 0 Å². The molecule has 1 aliphatic heterocycles. The monoisotopic (exact) mass is 266 g/mol. The molecule has 0 saturated heterocycles. The van der Waals surface area contributed by atoms with Crippen LogP contribution in [0.5, 0.6) is 0 Å². The summed E-state index contributed by atoms with van der Waals surface area (Å²) >= 11 is 6.82. The van der Waals surface area contributed by atoms with Gasteiger partial charge in [0.1, 0.15) is 4.95 Å². The average molecular weight is 268 g/mol. The Hall–Kier alpha value is 0.200. The molecule has 1 aliphatic rings. The molecule has 0 bridgehead atoms. The van der Waals surface area contributed by atoms with Crippen molar-refractivity contribution in [2.75, 3.05) is 0 Å². The molecule has 10 heavy (non-hydrogen) atoms. The van der Waals surface area contributed by atoms with Crippen molar-refractivity contribution < 1.29 is 0 Å². The fourth-order valence-electron chi connectivity index (χ4n) is 0.696. The van der Waals surface area contributed by atoms with Gasteiger partial charge < -0.3 is 5.01 Å². The second kappa shape index (κ2) is 3.07. The highest BCUT2D eigenvalue weighted by Crippen LogP contribution is 2.26. The molecule has 56 valence electrons. The number of hydrogen-bond acceptors (Lipinski definition) is 2. The number of nitrogens with two attached hydrogens (primary N) is 1. The fraction of sp³-hybridized carbons (Fsp3) is 0.333. The van der Waals surface area contributed by atoms with Crippen LogP contribution in [0.15, 0.2) is 22.3 Å². The van der Waals surface area contributed by atoms with E-state index in [-0.39, 0.29) is 4.95 Å². The molecule has 1 heterocycles. The smallest absolute Gasteiger partial charge is 0.121 e. The molecule has 0 amide bonds. The van der Waals surface area contributed by atoms with Crippen LogP contribution in [0.4, 0.5) is 0 Å². The summed E-state index contributed by atoms with van der Waals surface area (Å²) in [5.41, 5.74) is 1.19. The zero-order valence-electron chi connectivity index (χ0n) is 5.51. The Bertz CT molecular complexity index is 198. The number of nitrogens with zero attached hydrogens (tertiary/aromatic N) is 1. The predicted octanol–water partition coefficient (Wildman–Crippen LogP) is 2.08. The highest BCUT2D eigenvalue weighted by molar-refractivity contribution is 9.12. The Morgan fingerprint density at radius 2 is 2.30 bits per heavy atom. The Labute approximate surface area is 77.0 Å². The van der Waals surface area contributed by atoms with Gasteiger partial charge in [0.2, 0.25) is 0 Å². The Morgan fingerprint density at radius 3 is 2.80 bits per heavy atom. The summed E-state index contributed by atoms with van der Waals surface area (Å²) in [7, 11) is 0. The van der Waals surface area contributed by atoms with E-state index < -0.39 is 0 Å². The van der Waals surface area contributed by atoms with E-state index in [0.29, 0.717) is 0 Å². The van der Waals surface area contributed by atoms with E-state index in [4.69, 9.17) is 5.84 Å². The molecule has 0 aliphatic carbocycles. The first-order chi connectivity index (χ1) is 4.63. The number of allylic oxidation sites excluding steroid dienone is 2. The van der Waals surface area contributed by atoms with Crippen LogP contribution in [-0.2, 0) is 0 Å². The van der Waals surface area contributed by atoms with Gasteiger partial charge in [0, 0.05) is 10.7 Å². The van der Waals surface area contributed by atoms with Crippen LogP contribution in [0.2, 0.25) is 0 Å². The van der Waals surface area contributed by atoms with E-state index in [2.05, 4.69) is 31.9 Å². The summed E-state index contributed by atoms with van der Waals surface area (Å²) in [6, 6.07) is 0. The summed E-state index contributed by atoms with van der Waals surface area (Å²) in [5.74, 6) is 5.58. The first-order valence-corrected chi connectivity index (χ1v) is 4.55. The minimum atomic E-state index is 0.117. The van der Waals surface area contributed by atoms with Crippen LogP contribution < -0.4 is 5.84 Å². The third kappa shape index (κ3) is 1.44. The van der Waals surface area contributed by atoms with Gasteiger partial charge in [-0.3, -0.25) is 0 Å². The van der Waals surface area contributed by atoms with Gasteiger partial charge in [-0.1, -0.05) is 31.9 Å². The normalized spacial score (nSPS) is 26.0. The van der Waals surface area contributed by atoms with Crippen molar-refractivity contribution in [3.63, 3.8) is 0 Å². The lowest BCUT2D eigenvalue weighted by Crippen LogP contribution is -2.34. The third-order valence-electron chi connectivity index (χ3n) is 1.39. The molecule has 0 aromatic rings. The second-order valence-electron chi connectivity index (χ2n) is 2.13. The molecular weight excluding hydrogens is 260 g/mol. The van der Waals surface area contributed by atoms with Crippen molar-refractivity contribution in [1.82, 2.24) is 5.01 Å². The van der Waals surface area contributed by atoms with Crippen LogP contribution in [-0.4, -0.2) is 9.96 Å². The Kier molecular flexibility index (Phi) is 2.55. The van der Waals surface area contributed by atoms with Gasteiger partial charge in [0.05, 0.1) is 0 Å². The lowest BCUT2D eigenvalue weighted by atomic mass is 10.2. The molecule has 0 saturated carbocycles. The quantitative estimate of drug-likeness (QED) is 0.414.